The Labute approximate surface area is 99.9 Å². The number of rotatable bonds is 7. The van der Waals surface area contributed by atoms with E-state index >= 15 is 0 Å². The molecule has 1 aromatic rings. The molecular formula is C12H16N2O3. The van der Waals surface area contributed by atoms with Crippen LogP contribution in [0.3, 0.4) is 0 Å². The van der Waals surface area contributed by atoms with E-state index in [-0.39, 0.29) is 5.69 Å². The average Bonchev–Trinajstić information content (AvgIpc) is 3.13. The fraction of sp³-hybridized carbons (Fsp3) is 0.500. The second-order valence-electron chi connectivity index (χ2n) is 4.25. The van der Waals surface area contributed by atoms with Gasteiger partial charge in [-0.25, -0.2) is 0 Å². The second kappa shape index (κ2) is 5.63. The van der Waals surface area contributed by atoms with Crippen molar-refractivity contribution in [1.29, 1.82) is 0 Å². The Hall–Kier alpha value is -1.62. The molecule has 1 N–H and O–H groups in total. The van der Waals surface area contributed by atoms with Gasteiger partial charge >= 0.3 is 0 Å². The van der Waals surface area contributed by atoms with E-state index in [2.05, 4.69) is 5.32 Å². The molecule has 0 amide bonds. The van der Waals surface area contributed by atoms with Gasteiger partial charge in [0.25, 0.3) is 5.69 Å². The van der Waals surface area contributed by atoms with Gasteiger partial charge in [0.05, 0.1) is 4.92 Å². The van der Waals surface area contributed by atoms with Crippen LogP contribution in [-0.2, 0) is 0 Å². The molecule has 0 atom stereocenters. The molecule has 0 aromatic heterocycles. The normalized spacial score (nSPS) is 14.6. The molecule has 0 aliphatic heterocycles. The van der Waals surface area contributed by atoms with Gasteiger partial charge in [0.15, 0.2) is 0 Å². The van der Waals surface area contributed by atoms with E-state index < -0.39 is 4.92 Å². The zero-order valence-electron chi connectivity index (χ0n) is 9.59. The third-order valence-corrected chi connectivity index (χ3v) is 2.73. The number of benzene rings is 1. The number of hydrogen-bond donors (Lipinski definition) is 1. The van der Waals surface area contributed by atoms with Gasteiger partial charge in [-0.2, -0.15) is 0 Å². The quantitative estimate of drug-likeness (QED) is 0.446. The highest BCUT2D eigenvalue weighted by molar-refractivity contribution is 5.35. The molecule has 2 rings (SSSR count). The van der Waals surface area contributed by atoms with Gasteiger partial charge in [-0.3, -0.25) is 10.1 Å². The van der Waals surface area contributed by atoms with Crippen molar-refractivity contribution in [2.24, 2.45) is 5.92 Å². The zero-order chi connectivity index (χ0) is 12.1. The fourth-order valence-electron chi connectivity index (χ4n) is 1.53. The topological polar surface area (TPSA) is 64.4 Å². The van der Waals surface area contributed by atoms with Gasteiger partial charge < -0.3 is 10.1 Å². The van der Waals surface area contributed by atoms with Crippen LogP contribution in [0, 0.1) is 16.0 Å². The maximum absolute atomic E-state index is 10.4. The van der Waals surface area contributed by atoms with Crippen molar-refractivity contribution in [3.05, 3.63) is 34.4 Å². The van der Waals surface area contributed by atoms with Gasteiger partial charge in [-0.05, 0) is 37.4 Å². The van der Waals surface area contributed by atoms with Crippen molar-refractivity contribution in [3.63, 3.8) is 0 Å². The van der Waals surface area contributed by atoms with E-state index in [1.165, 1.54) is 25.0 Å². The summed E-state index contributed by atoms with van der Waals surface area (Å²) in [4.78, 5) is 10.0. The number of nitro benzene ring substituents is 1. The summed E-state index contributed by atoms with van der Waals surface area (Å²) < 4.78 is 5.46. The minimum Gasteiger partial charge on any atom is -0.492 e. The number of ether oxygens (including phenoxy) is 1. The minimum atomic E-state index is -0.416. The molecule has 5 heteroatoms. The van der Waals surface area contributed by atoms with Crippen molar-refractivity contribution >= 4 is 5.69 Å². The lowest BCUT2D eigenvalue weighted by Gasteiger charge is -2.06. The van der Waals surface area contributed by atoms with Crippen molar-refractivity contribution < 1.29 is 9.66 Å². The van der Waals surface area contributed by atoms with E-state index in [4.69, 9.17) is 4.74 Å². The molecule has 0 radical (unpaired) electrons. The Kier molecular flexibility index (Phi) is 3.93. The van der Waals surface area contributed by atoms with Crippen LogP contribution in [0.5, 0.6) is 5.75 Å². The van der Waals surface area contributed by atoms with Gasteiger partial charge in [-0.1, -0.05) is 0 Å². The number of nitrogens with zero attached hydrogens (tertiary/aromatic N) is 1. The molecule has 0 bridgehead atoms. The van der Waals surface area contributed by atoms with Crippen molar-refractivity contribution in [3.8, 4) is 5.75 Å². The van der Waals surface area contributed by atoms with Crippen LogP contribution >= 0.6 is 0 Å². The molecule has 1 aliphatic rings. The summed E-state index contributed by atoms with van der Waals surface area (Å²) in [7, 11) is 0. The highest BCUT2D eigenvalue weighted by Gasteiger charge is 2.19. The van der Waals surface area contributed by atoms with Crippen LogP contribution in [-0.4, -0.2) is 24.6 Å². The molecule has 0 unspecified atom stereocenters. The van der Waals surface area contributed by atoms with E-state index in [1.54, 1.807) is 12.1 Å². The van der Waals surface area contributed by atoms with Crippen LogP contribution in [0.2, 0.25) is 0 Å². The maximum atomic E-state index is 10.4. The predicted octanol–water partition coefficient (Wildman–Crippen LogP) is 1.97. The first kappa shape index (κ1) is 11.9. The molecule has 92 valence electrons. The van der Waals surface area contributed by atoms with Crippen LogP contribution in [0.1, 0.15) is 12.8 Å². The summed E-state index contributed by atoms with van der Waals surface area (Å²) >= 11 is 0. The highest BCUT2D eigenvalue weighted by Crippen LogP contribution is 2.27. The van der Waals surface area contributed by atoms with Crippen LogP contribution in [0.25, 0.3) is 0 Å². The molecule has 1 aromatic carbocycles. The van der Waals surface area contributed by atoms with Gasteiger partial charge in [0.1, 0.15) is 12.4 Å². The summed E-state index contributed by atoms with van der Waals surface area (Å²) in [6.45, 7) is 2.47. The third kappa shape index (κ3) is 4.03. The maximum Gasteiger partial charge on any atom is 0.269 e. The molecule has 0 spiro atoms. The molecule has 0 saturated heterocycles. The SMILES string of the molecule is O=[N+]([O-])c1ccc(OCCNCC2CC2)cc1. The third-order valence-electron chi connectivity index (χ3n) is 2.73. The van der Waals surface area contributed by atoms with E-state index in [1.807, 2.05) is 0 Å². The van der Waals surface area contributed by atoms with Gasteiger partial charge in [0, 0.05) is 18.7 Å². The molecule has 0 heterocycles. The van der Waals surface area contributed by atoms with E-state index in [0.29, 0.717) is 12.4 Å². The first-order valence-electron chi connectivity index (χ1n) is 5.83. The lowest BCUT2D eigenvalue weighted by molar-refractivity contribution is -0.384. The molecular weight excluding hydrogens is 220 g/mol. The fourth-order valence-corrected chi connectivity index (χ4v) is 1.53. The summed E-state index contributed by atoms with van der Waals surface area (Å²) in [5, 5.41) is 13.7. The Morgan fingerprint density at radius 1 is 1.35 bits per heavy atom. The number of nitro groups is 1. The average molecular weight is 236 g/mol. The lowest BCUT2D eigenvalue weighted by Crippen LogP contribution is -2.23. The number of hydrogen-bond acceptors (Lipinski definition) is 4. The van der Waals surface area contributed by atoms with Gasteiger partial charge in [-0.15, -0.1) is 0 Å². The predicted molar refractivity (Wildman–Crippen MR) is 64.2 cm³/mol. The second-order valence-corrected chi connectivity index (χ2v) is 4.25. The minimum absolute atomic E-state index is 0.0872. The molecule has 1 fully saturated rings. The lowest BCUT2D eigenvalue weighted by atomic mass is 10.3. The summed E-state index contributed by atoms with van der Waals surface area (Å²) in [6.07, 6.45) is 2.69. The van der Waals surface area contributed by atoms with Crippen LogP contribution < -0.4 is 10.1 Å². The first-order valence-corrected chi connectivity index (χ1v) is 5.83. The van der Waals surface area contributed by atoms with Crippen molar-refractivity contribution in [1.82, 2.24) is 5.32 Å². The standard InChI is InChI=1S/C12H16N2O3/c15-14(16)11-3-5-12(6-4-11)17-8-7-13-9-10-1-2-10/h3-6,10,13H,1-2,7-9H2. The largest absolute Gasteiger partial charge is 0.492 e. The Bertz CT molecular complexity index is 374. The van der Waals surface area contributed by atoms with Crippen LogP contribution in [0.4, 0.5) is 5.69 Å². The summed E-state index contributed by atoms with van der Waals surface area (Å²) in [5.41, 5.74) is 0.0872. The van der Waals surface area contributed by atoms with E-state index in [9.17, 15) is 10.1 Å². The number of non-ortho nitro benzene ring substituents is 1. The highest BCUT2D eigenvalue weighted by atomic mass is 16.6. The molecule has 1 aliphatic carbocycles. The molecule has 5 nitrogen and oxygen atoms in total. The van der Waals surface area contributed by atoms with Crippen molar-refractivity contribution in [2.75, 3.05) is 19.7 Å². The monoisotopic (exact) mass is 236 g/mol. The Morgan fingerprint density at radius 3 is 2.65 bits per heavy atom. The van der Waals surface area contributed by atoms with Crippen molar-refractivity contribution in [2.45, 2.75) is 12.8 Å². The zero-order valence-corrected chi connectivity index (χ0v) is 9.59. The summed E-state index contributed by atoms with van der Waals surface area (Å²) in [5.74, 6) is 1.54. The van der Waals surface area contributed by atoms with Crippen LogP contribution in [0.15, 0.2) is 24.3 Å². The smallest absolute Gasteiger partial charge is 0.269 e. The number of nitrogens with one attached hydrogen (secondary N) is 1. The Morgan fingerprint density at radius 2 is 2.06 bits per heavy atom. The van der Waals surface area contributed by atoms with Gasteiger partial charge in [0.2, 0.25) is 0 Å². The molecule has 1 saturated carbocycles. The summed E-state index contributed by atoms with van der Waals surface area (Å²) in [6, 6.07) is 6.15. The molecule has 17 heavy (non-hydrogen) atoms. The Balaban J connectivity index is 1.65. The van der Waals surface area contributed by atoms with E-state index in [0.717, 1.165) is 19.0 Å². The first-order chi connectivity index (χ1) is 8.25.